The molecule has 49 heavy (non-hydrogen) atoms. The Hall–Kier alpha value is -4.42. The van der Waals surface area contributed by atoms with Gasteiger partial charge in [0, 0.05) is 42.4 Å². The molecule has 1 aliphatic carbocycles. The van der Waals surface area contributed by atoms with Gasteiger partial charge in [-0.3, -0.25) is 0 Å². The Morgan fingerprint density at radius 2 is 1.82 bits per heavy atom. The molecule has 3 aliphatic rings. The highest BCUT2D eigenvalue weighted by Crippen LogP contribution is 2.43. The van der Waals surface area contributed by atoms with Crippen LogP contribution in [0.3, 0.4) is 0 Å². The number of benzene rings is 3. The second kappa shape index (κ2) is 13.8. The van der Waals surface area contributed by atoms with Gasteiger partial charge in [0.2, 0.25) is 11.5 Å². The van der Waals surface area contributed by atoms with Crippen LogP contribution in [0.1, 0.15) is 71.8 Å². The molecular formula is C42H47ClN3O3+. The van der Waals surface area contributed by atoms with E-state index in [9.17, 15) is 0 Å². The Morgan fingerprint density at radius 3 is 2.59 bits per heavy atom. The zero-order chi connectivity index (χ0) is 34.1. The smallest absolute Gasteiger partial charge is 0.374 e. The van der Waals surface area contributed by atoms with E-state index >= 15 is 0 Å². The summed E-state index contributed by atoms with van der Waals surface area (Å²) in [6.07, 6.45) is 13.9. The van der Waals surface area contributed by atoms with Crippen molar-refractivity contribution >= 4 is 40.2 Å². The molecule has 2 aliphatic heterocycles. The van der Waals surface area contributed by atoms with Crippen molar-refractivity contribution in [3.05, 3.63) is 112 Å². The largest absolute Gasteiger partial charge is 0.498 e. The van der Waals surface area contributed by atoms with Crippen LogP contribution in [0.15, 0.2) is 100 Å². The summed E-state index contributed by atoms with van der Waals surface area (Å²) in [5.74, 6) is 3.62. The maximum absolute atomic E-state index is 6.55. The van der Waals surface area contributed by atoms with E-state index in [1.165, 1.54) is 27.8 Å². The van der Waals surface area contributed by atoms with E-state index < -0.39 is 0 Å². The average Bonchev–Trinajstić information content (AvgIpc) is 3.60. The lowest BCUT2D eigenvalue weighted by molar-refractivity contribution is -0.674. The van der Waals surface area contributed by atoms with Crippen LogP contribution in [0.5, 0.6) is 5.75 Å². The van der Waals surface area contributed by atoms with Crippen molar-refractivity contribution in [2.24, 2.45) is 5.41 Å². The van der Waals surface area contributed by atoms with E-state index in [1.807, 2.05) is 18.2 Å². The molecule has 0 atom stereocenters. The van der Waals surface area contributed by atoms with Crippen molar-refractivity contribution < 1.29 is 18.5 Å². The Kier molecular flexibility index (Phi) is 9.34. The minimum atomic E-state index is 0.0875. The van der Waals surface area contributed by atoms with Gasteiger partial charge in [-0.1, -0.05) is 43.7 Å². The van der Waals surface area contributed by atoms with E-state index in [4.69, 9.17) is 25.5 Å². The van der Waals surface area contributed by atoms with Crippen LogP contribution in [0.2, 0.25) is 5.02 Å². The molecule has 6 nitrogen and oxygen atoms in total. The number of aryl methyl sites for hydroxylation is 1. The van der Waals surface area contributed by atoms with Crippen molar-refractivity contribution in [1.29, 1.82) is 0 Å². The van der Waals surface area contributed by atoms with Crippen molar-refractivity contribution in [2.45, 2.75) is 73.3 Å². The molecule has 0 saturated heterocycles. The highest BCUT2D eigenvalue weighted by Gasteiger charge is 2.30. The summed E-state index contributed by atoms with van der Waals surface area (Å²) < 4.78 is 21.1. The molecule has 0 saturated carbocycles. The van der Waals surface area contributed by atoms with Crippen LogP contribution in [-0.4, -0.2) is 19.7 Å². The van der Waals surface area contributed by atoms with E-state index in [0.717, 1.165) is 104 Å². The van der Waals surface area contributed by atoms with E-state index in [0.29, 0.717) is 5.02 Å². The number of nitrogens with zero attached hydrogens (tertiary/aromatic N) is 2. The lowest BCUT2D eigenvalue weighted by Crippen LogP contribution is -2.33. The topological polar surface area (TPSA) is 50.8 Å². The molecule has 4 aromatic rings. The number of hydrogen-bond donors (Lipinski definition) is 1. The molecular weight excluding hydrogens is 630 g/mol. The normalized spacial score (nSPS) is 18.7. The fraction of sp³-hybridized carbons (Fsp3) is 0.357. The number of fused-ring (bicyclic) bond motifs is 2. The maximum Gasteiger partial charge on any atom is 0.374 e. The third-order valence-corrected chi connectivity index (χ3v) is 9.82. The van der Waals surface area contributed by atoms with Gasteiger partial charge in [0.25, 0.3) is 5.52 Å². The minimum Gasteiger partial charge on any atom is -0.498 e. The molecule has 3 heterocycles. The predicted molar refractivity (Wildman–Crippen MR) is 201 cm³/mol. The fourth-order valence-electron chi connectivity index (χ4n) is 7.43. The highest BCUT2D eigenvalue weighted by molar-refractivity contribution is 6.31. The van der Waals surface area contributed by atoms with Gasteiger partial charge in [-0.05, 0) is 122 Å². The molecule has 7 rings (SSSR count). The number of ether oxygens (including phenoxy) is 2. The van der Waals surface area contributed by atoms with Crippen LogP contribution in [-0.2, 0) is 17.7 Å². The van der Waals surface area contributed by atoms with Gasteiger partial charge < -0.3 is 24.1 Å². The molecule has 1 N–H and O–H groups in total. The lowest BCUT2D eigenvalue weighted by atomic mass is 9.75. The van der Waals surface area contributed by atoms with Crippen molar-refractivity contribution in [3.8, 4) is 16.9 Å². The van der Waals surface area contributed by atoms with Crippen molar-refractivity contribution in [1.82, 2.24) is 0 Å². The molecule has 1 aromatic heterocycles. The fourth-order valence-corrected chi connectivity index (χ4v) is 7.60. The second-order valence-corrected chi connectivity index (χ2v) is 14.4. The summed E-state index contributed by atoms with van der Waals surface area (Å²) in [4.78, 5) is 2.19. The van der Waals surface area contributed by atoms with E-state index in [2.05, 4.69) is 110 Å². The van der Waals surface area contributed by atoms with Crippen molar-refractivity contribution in [2.75, 3.05) is 29.9 Å². The Labute approximate surface area is 295 Å². The van der Waals surface area contributed by atoms with Gasteiger partial charge in [0.15, 0.2) is 5.75 Å². The summed E-state index contributed by atoms with van der Waals surface area (Å²) in [6, 6.07) is 19.1. The number of aromatic nitrogens is 1. The van der Waals surface area contributed by atoms with Crippen molar-refractivity contribution in [3.63, 3.8) is 0 Å². The number of oxazole rings is 1. The summed E-state index contributed by atoms with van der Waals surface area (Å²) in [5, 5.41) is 4.25. The van der Waals surface area contributed by atoms with Gasteiger partial charge >= 0.3 is 5.89 Å². The molecule has 3 aromatic carbocycles. The van der Waals surface area contributed by atoms with Gasteiger partial charge in [0.1, 0.15) is 6.54 Å². The second-order valence-electron chi connectivity index (χ2n) is 14.0. The van der Waals surface area contributed by atoms with Crippen LogP contribution in [0, 0.1) is 5.41 Å². The van der Waals surface area contributed by atoms with Gasteiger partial charge in [-0.25, -0.2) is 0 Å². The average molecular weight is 677 g/mol. The van der Waals surface area contributed by atoms with Crippen LogP contribution in [0.25, 0.3) is 28.3 Å². The quantitative estimate of drug-likeness (QED) is 0.179. The van der Waals surface area contributed by atoms with Crippen LogP contribution < -0.4 is 19.5 Å². The van der Waals surface area contributed by atoms with E-state index in [1.54, 1.807) is 0 Å². The first-order valence-electron chi connectivity index (χ1n) is 17.8. The number of hydrogen-bond acceptors (Lipinski definition) is 5. The monoisotopic (exact) mass is 676 g/mol. The van der Waals surface area contributed by atoms with Gasteiger partial charge in [0.05, 0.1) is 24.1 Å². The Morgan fingerprint density at radius 1 is 0.980 bits per heavy atom. The summed E-state index contributed by atoms with van der Waals surface area (Å²) in [7, 11) is 0. The molecule has 0 amide bonds. The summed E-state index contributed by atoms with van der Waals surface area (Å²) in [5.41, 5.74) is 10.3. The van der Waals surface area contributed by atoms with Crippen LogP contribution >= 0.6 is 11.6 Å². The molecule has 0 bridgehead atoms. The van der Waals surface area contributed by atoms with Crippen LogP contribution in [0.4, 0.5) is 11.4 Å². The SMILES string of the molecule is CCNc1ccc(-c2ccc3oc(/C=C4C=C(/C=C5\Oc6ccc(Cl)cc6N5CC)CC(C)(C)C/4)[n+](CC)c3c2)cc1CC1=CCCCO1. The lowest BCUT2D eigenvalue weighted by Gasteiger charge is -2.30. The number of anilines is 2. The van der Waals surface area contributed by atoms with Gasteiger partial charge in [-0.2, -0.15) is 4.57 Å². The molecule has 0 spiro atoms. The third-order valence-electron chi connectivity index (χ3n) is 9.59. The zero-order valence-electron chi connectivity index (χ0n) is 29.4. The first-order chi connectivity index (χ1) is 23.7. The Bertz CT molecular complexity index is 2010. The maximum atomic E-state index is 6.55. The molecule has 254 valence electrons. The molecule has 0 unspecified atom stereocenters. The zero-order valence-corrected chi connectivity index (χ0v) is 30.1. The number of nitrogens with one attached hydrogen (secondary N) is 1. The number of rotatable bonds is 9. The molecule has 0 radical (unpaired) electrons. The number of halogens is 1. The molecule has 7 heteroatoms. The Balaban J connectivity index is 1.21. The summed E-state index contributed by atoms with van der Waals surface area (Å²) in [6.45, 7) is 14.4. The third kappa shape index (κ3) is 7.02. The summed E-state index contributed by atoms with van der Waals surface area (Å²) >= 11 is 6.33. The highest BCUT2D eigenvalue weighted by atomic mass is 35.5. The minimum absolute atomic E-state index is 0.0875. The standard InChI is InChI=1S/C42H47ClN3O3/c1-6-44-35-15-12-30(22-32(35)23-34-11-9-10-18-47-34)31-13-16-38-36(24-31)45(7-2)40(48-38)20-28-19-29(27-42(4,5)26-28)21-41-46(8-3)37-25-33(43)14-17-39(37)49-41/h11-17,19-22,24-25,44H,6-10,18,23,26-27H2,1-5H3/q+1. The van der Waals surface area contributed by atoms with Gasteiger partial charge in [-0.15, -0.1) is 0 Å². The molecule has 0 fully saturated rings. The first kappa shape index (κ1) is 33.1. The first-order valence-corrected chi connectivity index (χ1v) is 18.1. The van der Waals surface area contributed by atoms with E-state index in [-0.39, 0.29) is 5.41 Å². The predicted octanol–water partition coefficient (Wildman–Crippen LogP) is 10.6. The number of allylic oxidation sites excluding steroid dienone is 6.